The number of piperidine rings is 1. The zero-order valence-corrected chi connectivity index (χ0v) is 19.2. The lowest BCUT2D eigenvalue weighted by atomic mass is 9.97. The molecule has 174 valence electrons. The van der Waals surface area contributed by atoms with Crippen molar-refractivity contribution >= 4 is 5.97 Å². The maximum atomic E-state index is 11.6. The number of β-amino-alcohol motifs (C(OH)–C–C–N with tert-alkyl or cyclic N) is 1. The Morgan fingerprint density at radius 3 is 2.44 bits per heavy atom. The number of aliphatic hydroxyl groups is 1. The smallest absolute Gasteiger partial charge is 0.308 e. The van der Waals surface area contributed by atoms with Gasteiger partial charge < -0.3 is 24.8 Å². The van der Waals surface area contributed by atoms with Crippen LogP contribution < -0.4 is 10.1 Å². The van der Waals surface area contributed by atoms with Gasteiger partial charge in [0.2, 0.25) is 0 Å². The summed E-state index contributed by atoms with van der Waals surface area (Å²) >= 11 is 0. The summed E-state index contributed by atoms with van der Waals surface area (Å²) in [5.74, 6) is 1.37. The molecule has 0 bridgehead atoms. The Hall–Kier alpha value is -2.55. The number of ether oxygens (including phenoxy) is 2. The monoisotopic (exact) mass is 442 g/mol. The van der Waals surface area contributed by atoms with Crippen molar-refractivity contribution in [2.45, 2.75) is 45.9 Å². The molecule has 1 fully saturated rings. The zero-order valence-electron chi connectivity index (χ0n) is 19.2. The lowest BCUT2D eigenvalue weighted by Crippen LogP contribution is -2.42. The number of aryl methyl sites for hydroxylation is 2. The van der Waals surface area contributed by atoms with Gasteiger partial charge in [-0.05, 0) is 63.5 Å². The van der Waals surface area contributed by atoms with E-state index >= 15 is 0 Å². The van der Waals surface area contributed by atoms with Crippen molar-refractivity contribution in [1.29, 1.82) is 0 Å². The summed E-state index contributed by atoms with van der Waals surface area (Å²) in [5.41, 5.74) is 3.09. The van der Waals surface area contributed by atoms with E-state index in [9.17, 15) is 9.90 Å². The quantitative estimate of drug-likeness (QED) is 0.540. The first-order valence-corrected chi connectivity index (χ1v) is 11.1. The fourth-order valence-corrected chi connectivity index (χ4v) is 3.96. The molecule has 2 aromatic rings. The topological polar surface area (TPSA) is 96.8 Å². The molecule has 0 amide bonds. The highest BCUT2D eigenvalue weighted by Gasteiger charge is 2.26. The number of methoxy groups -OCH3 is 1. The molecule has 0 aliphatic carbocycles. The largest absolute Gasteiger partial charge is 0.491 e. The Morgan fingerprint density at radius 1 is 1.16 bits per heavy atom. The van der Waals surface area contributed by atoms with Crippen LogP contribution in [0.5, 0.6) is 5.75 Å². The number of likely N-dealkylation sites (tertiary alicyclic amines) is 1. The normalized spacial score (nSPS) is 16.0. The summed E-state index contributed by atoms with van der Waals surface area (Å²) in [6, 6.07) is 9.81. The van der Waals surface area contributed by atoms with Gasteiger partial charge in [-0.2, -0.15) is 0 Å². The van der Waals surface area contributed by atoms with Crippen molar-refractivity contribution in [2.24, 2.45) is 5.92 Å². The number of hydrogen-bond acceptors (Lipinski definition) is 8. The van der Waals surface area contributed by atoms with E-state index in [1.807, 2.05) is 44.2 Å². The Labute approximate surface area is 190 Å². The maximum absolute atomic E-state index is 11.6. The summed E-state index contributed by atoms with van der Waals surface area (Å²) in [7, 11) is 1.43. The van der Waals surface area contributed by atoms with E-state index in [1.165, 1.54) is 7.11 Å². The molecule has 2 N–H and O–H groups in total. The second-order valence-electron chi connectivity index (χ2n) is 8.38. The van der Waals surface area contributed by atoms with Crippen molar-refractivity contribution in [2.75, 3.05) is 33.4 Å². The molecule has 1 unspecified atom stereocenters. The number of hydrogen-bond donors (Lipinski definition) is 2. The highest BCUT2D eigenvalue weighted by atomic mass is 16.5. The third-order valence-corrected chi connectivity index (χ3v) is 5.60. The molecule has 1 aromatic heterocycles. The van der Waals surface area contributed by atoms with Gasteiger partial charge >= 0.3 is 5.97 Å². The van der Waals surface area contributed by atoms with Crippen LogP contribution in [0.3, 0.4) is 0 Å². The van der Waals surface area contributed by atoms with Crippen LogP contribution in [-0.2, 0) is 22.6 Å². The standard InChI is InChI=1S/C24H34N4O4/c1-17-12-18(2)27-23(26-17)14-25-13-19-4-6-22(7-5-19)32-16-21(29)15-28-10-8-20(9-11-28)24(30)31-3/h4-7,12,20-21,25,29H,8-11,13-16H2,1-3H3. The van der Waals surface area contributed by atoms with Gasteiger partial charge in [-0.25, -0.2) is 9.97 Å². The van der Waals surface area contributed by atoms with Crippen LogP contribution in [0.1, 0.15) is 35.6 Å². The number of nitrogens with one attached hydrogen (secondary N) is 1. The predicted molar refractivity (Wildman–Crippen MR) is 121 cm³/mol. The summed E-state index contributed by atoms with van der Waals surface area (Å²) in [5, 5.41) is 13.7. The highest BCUT2D eigenvalue weighted by molar-refractivity contribution is 5.72. The molecule has 0 radical (unpaired) electrons. The minimum absolute atomic E-state index is 0.0221. The molecule has 3 rings (SSSR count). The van der Waals surface area contributed by atoms with E-state index < -0.39 is 6.10 Å². The molecule has 1 aliphatic heterocycles. The van der Waals surface area contributed by atoms with E-state index in [0.29, 0.717) is 19.6 Å². The summed E-state index contributed by atoms with van der Waals surface area (Å²) < 4.78 is 10.6. The Morgan fingerprint density at radius 2 is 1.81 bits per heavy atom. The zero-order chi connectivity index (χ0) is 22.9. The number of rotatable bonds is 10. The van der Waals surface area contributed by atoms with Crippen molar-refractivity contribution in [3.05, 3.63) is 53.1 Å². The predicted octanol–water partition coefficient (Wildman–Crippen LogP) is 2.01. The molecule has 32 heavy (non-hydrogen) atoms. The van der Waals surface area contributed by atoms with Crippen LogP contribution in [0.4, 0.5) is 0 Å². The summed E-state index contributed by atoms with van der Waals surface area (Å²) in [6.45, 7) is 7.61. The van der Waals surface area contributed by atoms with Gasteiger partial charge in [0.05, 0.1) is 19.6 Å². The van der Waals surface area contributed by atoms with Gasteiger partial charge in [0.25, 0.3) is 0 Å². The van der Waals surface area contributed by atoms with Crippen molar-refractivity contribution < 1.29 is 19.4 Å². The van der Waals surface area contributed by atoms with E-state index in [-0.39, 0.29) is 18.5 Å². The molecule has 8 heteroatoms. The van der Waals surface area contributed by atoms with Crippen LogP contribution >= 0.6 is 0 Å². The number of nitrogens with zero attached hydrogens (tertiary/aromatic N) is 3. The van der Waals surface area contributed by atoms with Gasteiger partial charge in [0.15, 0.2) is 0 Å². The number of carbonyl (C=O) groups excluding carboxylic acids is 1. The van der Waals surface area contributed by atoms with Crippen molar-refractivity contribution in [3.63, 3.8) is 0 Å². The molecular weight excluding hydrogens is 408 g/mol. The van der Waals surface area contributed by atoms with Crippen LogP contribution in [0, 0.1) is 19.8 Å². The molecule has 0 spiro atoms. The third kappa shape index (κ3) is 7.55. The van der Waals surface area contributed by atoms with Gasteiger partial charge in [-0.1, -0.05) is 12.1 Å². The molecule has 1 aliphatic rings. The van der Waals surface area contributed by atoms with Crippen LogP contribution in [0.2, 0.25) is 0 Å². The SMILES string of the molecule is COC(=O)C1CCN(CC(O)COc2ccc(CNCc3nc(C)cc(C)n3)cc2)CC1. The lowest BCUT2D eigenvalue weighted by Gasteiger charge is -2.31. The molecule has 1 saturated heterocycles. The first kappa shape index (κ1) is 24.1. The summed E-state index contributed by atoms with van der Waals surface area (Å²) in [4.78, 5) is 22.6. The van der Waals surface area contributed by atoms with Crippen LogP contribution in [0.25, 0.3) is 0 Å². The fourth-order valence-electron chi connectivity index (χ4n) is 3.96. The first-order chi connectivity index (χ1) is 15.4. The van der Waals surface area contributed by atoms with E-state index in [2.05, 4.69) is 20.2 Å². The molecule has 2 heterocycles. The lowest BCUT2D eigenvalue weighted by molar-refractivity contribution is -0.147. The van der Waals surface area contributed by atoms with E-state index in [1.54, 1.807) is 0 Å². The molecule has 0 saturated carbocycles. The minimum atomic E-state index is -0.580. The van der Waals surface area contributed by atoms with Gasteiger partial charge in [0.1, 0.15) is 24.3 Å². The first-order valence-electron chi connectivity index (χ1n) is 11.1. The van der Waals surface area contributed by atoms with E-state index in [0.717, 1.165) is 54.5 Å². The van der Waals surface area contributed by atoms with Crippen LogP contribution in [0.15, 0.2) is 30.3 Å². The second kappa shape index (κ2) is 11.9. The number of benzene rings is 1. The fraction of sp³-hybridized carbons (Fsp3) is 0.542. The molecular formula is C24H34N4O4. The van der Waals surface area contributed by atoms with E-state index in [4.69, 9.17) is 9.47 Å². The Kier molecular flexibility index (Phi) is 8.96. The number of aliphatic hydroxyl groups excluding tert-OH is 1. The number of aromatic nitrogens is 2. The second-order valence-corrected chi connectivity index (χ2v) is 8.38. The molecule has 8 nitrogen and oxygen atoms in total. The van der Waals surface area contributed by atoms with Crippen LogP contribution in [-0.4, -0.2) is 65.4 Å². The number of esters is 1. The highest BCUT2D eigenvalue weighted by Crippen LogP contribution is 2.19. The Bertz CT molecular complexity index is 847. The average molecular weight is 443 g/mol. The van der Waals surface area contributed by atoms with Crippen molar-refractivity contribution in [3.8, 4) is 5.75 Å². The van der Waals surface area contributed by atoms with Gasteiger partial charge in [-0.3, -0.25) is 4.79 Å². The average Bonchev–Trinajstić information content (AvgIpc) is 2.78. The third-order valence-electron chi connectivity index (χ3n) is 5.60. The van der Waals surface area contributed by atoms with Crippen molar-refractivity contribution in [1.82, 2.24) is 20.2 Å². The maximum Gasteiger partial charge on any atom is 0.308 e. The summed E-state index contributed by atoms with van der Waals surface area (Å²) in [6.07, 6.45) is 0.959. The van der Waals surface area contributed by atoms with Gasteiger partial charge in [-0.15, -0.1) is 0 Å². The minimum Gasteiger partial charge on any atom is -0.491 e. The molecule has 1 aromatic carbocycles. The number of carbonyl (C=O) groups is 1. The Balaban J connectivity index is 1.35. The van der Waals surface area contributed by atoms with Gasteiger partial charge in [0, 0.05) is 24.5 Å². The molecule has 1 atom stereocenters.